The molecule has 6 N–H and O–H groups in total. The number of halogens is 1. The predicted octanol–water partition coefficient (Wildman–Crippen LogP) is 2.10. The van der Waals surface area contributed by atoms with E-state index in [-0.39, 0.29) is 24.4 Å². The Morgan fingerprint density at radius 1 is 1.26 bits per heavy atom. The number of hydrazone groups is 1. The van der Waals surface area contributed by atoms with Gasteiger partial charge in [-0.3, -0.25) is 14.6 Å². The summed E-state index contributed by atoms with van der Waals surface area (Å²) in [5.74, 6) is 12.1. The number of aldehydes is 1. The Labute approximate surface area is 225 Å². The van der Waals surface area contributed by atoms with Gasteiger partial charge in [0, 0.05) is 25.7 Å². The van der Waals surface area contributed by atoms with Crippen molar-refractivity contribution in [1.82, 2.24) is 14.9 Å². The fourth-order valence-corrected chi connectivity index (χ4v) is 3.90. The van der Waals surface area contributed by atoms with Crippen molar-refractivity contribution in [2.24, 2.45) is 16.8 Å². The maximum absolute atomic E-state index is 12.9. The number of aromatic nitrogens is 1. The van der Waals surface area contributed by atoms with Crippen molar-refractivity contribution in [2.45, 2.75) is 26.1 Å². The summed E-state index contributed by atoms with van der Waals surface area (Å²) in [4.78, 5) is 29.4. The molecule has 206 valence electrons. The topological polar surface area (TPSA) is 159 Å². The summed E-state index contributed by atoms with van der Waals surface area (Å²) in [6.45, 7) is 2.53. The van der Waals surface area contributed by atoms with Crippen LogP contribution in [0, 0.1) is 5.82 Å². The smallest absolute Gasteiger partial charge is 0.254 e. The van der Waals surface area contributed by atoms with Crippen LogP contribution in [0.5, 0.6) is 5.75 Å². The van der Waals surface area contributed by atoms with Gasteiger partial charge in [0.2, 0.25) is 0 Å². The molecule has 11 nitrogen and oxygen atoms in total. The van der Waals surface area contributed by atoms with Gasteiger partial charge in [-0.1, -0.05) is 6.07 Å². The molecule has 3 aromatic rings. The second kappa shape index (κ2) is 13.3. The number of nitrogens with one attached hydrogen (secondary N) is 1. The number of aliphatic hydroxyl groups is 1. The molecule has 1 unspecified atom stereocenters. The van der Waals surface area contributed by atoms with Gasteiger partial charge in [-0.15, -0.1) is 0 Å². The fourth-order valence-electron chi connectivity index (χ4n) is 3.90. The average molecular weight is 538 g/mol. The third-order valence-corrected chi connectivity index (χ3v) is 6.12. The van der Waals surface area contributed by atoms with Gasteiger partial charge in [-0.2, -0.15) is 5.10 Å². The van der Waals surface area contributed by atoms with Gasteiger partial charge in [0.05, 0.1) is 25.3 Å². The molecule has 1 aliphatic heterocycles. The minimum absolute atomic E-state index is 0.0960. The van der Waals surface area contributed by atoms with Crippen molar-refractivity contribution >= 4 is 23.8 Å². The normalized spacial score (nSPS) is 13.1. The number of carbonyl (C=O) groups excluding carboxylic acids is 2. The maximum Gasteiger partial charge on any atom is 0.254 e. The minimum atomic E-state index is -0.374. The van der Waals surface area contributed by atoms with E-state index in [2.05, 4.69) is 15.4 Å². The van der Waals surface area contributed by atoms with Crippen LogP contribution in [0.15, 0.2) is 59.7 Å². The Balaban J connectivity index is 0.000000224. The number of carbonyl (C=O) groups is 2. The van der Waals surface area contributed by atoms with Crippen molar-refractivity contribution in [2.75, 3.05) is 26.1 Å². The number of fused-ring (bicyclic) bond motifs is 1. The summed E-state index contributed by atoms with van der Waals surface area (Å²) in [5.41, 5.74) is 3.34. The van der Waals surface area contributed by atoms with Gasteiger partial charge in [-0.05, 0) is 66.6 Å². The molecule has 0 saturated carbocycles. The van der Waals surface area contributed by atoms with E-state index in [9.17, 15) is 14.0 Å². The highest BCUT2D eigenvalue weighted by atomic mass is 19.1. The second-order valence-electron chi connectivity index (χ2n) is 8.70. The first kappa shape index (κ1) is 29.0. The number of rotatable bonds is 7. The molecule has 0 aliphatic carbocycles. The van der Waals surface area contributed by atoms with Gasteiger partial charge < -0.3 is 25.9 Å². The number of hydrogen-bond acceptors (Lipinski definition) is 9. The highest BCUT2D eigenvalue weighted by Gasteiger charge is 2.26. The van der Waals surface area contributed by atoms with E-state index in [4.69, 9.17) is 21.5 Å². The van der Waals surface area contributed by atoms with E-state index in [1.165, 1.54) is 36.4 Å². The summed E-state index contributed by atoms with van der Waals surface area (Å²) < 4.78 is 18.1. The summed E-state index contributed by atoms with van der Waals surface area (Å²) in [6.07, 6.45) is 0.740. The maximum atomic E-state index is 12.9. The fraction of sp³-hybridized carbons (Fsp3) is 0.259. The average Bonchev–Trinajstić information content (AvgIpc) is 3.39. The van der Waals surface area contributed by atoms with Crippen LogP contribution in [0.4, 0.5) is 10.2 Å². The predicted molar refractivity (Wildman–Crippen MR) is 145 cm³/mol. The number of pyridine rings is 1. The number of hydrazine groups is 1. The number of anilines is 1. The number of methoxy groups -OCH3 is 1. The zero-order valence-corrected chi connectivity index (χ0v) is 22.0. The molecule has 0 fully saturated rings. The first-order chi connectivity index (χ1) is 18.8. The lowest BCUT2D eigenvalue weighted by Gasteiger charge is -2.24. The highest BCUT2D eigenvalue weighted by Crippen LogP contribution is 2.30. The lowest BCUT2D eigenvalue weighted by molar-refractivity contribution is 0.0751. The SMILES string of the molecule is CNc1cccc(/C(=N/N)N(N)C(C)CO)n1.COc1cc2c(cc1C=O)CN(C(=O)c1ccc(F)cc1)C2. The van der Waals surface area contributed by atoms with Crippen molar-refractivity contribution in [3.05, 3.63) is 88.4 Å². The molecule has 0 spiro atoms. The second-order valence-corrected chi connectivity index (χ2v) is 8.70. The quantitative estimate of drug-likeness (QED) is 0.116. The van der Waals surface area contributed by atoms with E-state index >= 15 is 0 Å². The number of benzene rings is 2. The lowest BCUT2D eigenvalue weighted by atomic mass is 10.1. The molecule has 1 amide bonds. The summed E-state index contributed by atoms with van der Waals surface area (Å²) >= 11 is 0. The molecule has 4 rings (SSSR count). The van der Waals surface area contributed by atoms with Crippen LogP contribution < -0.4 is 21.7 Å². The largest absolute Gasteiger partial charge is 0.496 e. The number of aliphatic hydroxyl groups excluding tert-OH is 1. The number of amides is 1. The number of hydrogen-bond donors (Lipinski definition) is 4. The molecule has 12 heteroatoms. The van der Waals surface area contributed by atoms with E-state index in [0.29, 0.717) is 47.3 Å². The van der Waals surface area contributed by atoms with Crippen LogP contribution in [-0.2, 0) is 13.1 Å². The van der Waals surface area contributed by atoms with Gasteiger partial charge in [0.15, 0.2) is 12.1 Å². The monoisotopic (exact) mass is 537 g/mol. The van der Waals surface area contributed by atoms with Crippen molar-refractivity contribution in [3.8, 4) is 5.75 Å². The zero-order chi connectivity index (χ0) is 28.5. The Hall–Kier alpha value is -4.55. The van der Waals surface area contributed by atoms with Crippen LogP contribution in [0.1, 0.15) is 44.5 Å². The number of nitrogens with zero attached hydrogens (tertiary/aromatic N) is 4. The van der Waals surface area contributed by atoms with Crippen LogP contribution in [0.2, 0.25) is 0 Å². The van der Waals surface area contributed by atoms with E-state index in [0.717, 1.165) is 17.4 Å². The molecule has 1 atom stereocenters. The molecule has 39 heavy (non-hydrogen) atoms. The van der Waals surface area contributed by atoms with Crippen LogP contribution in [0.25, 0.3) is 0 Å². The van der Waals surface area contributed by atoms with Crippen LogP contribution >= 0.6 is 0 Å². The summed E-state index contributed by atoms with van der Waals surface area (Å²) in [7, 11) is 3.27. The Morgan fingerprint density at radius 3 is 2.49 bits per heavy atom. The van der Waals surface area contributed by atoms with Gasteiger partial charge in [0.1, 0.15) is 23.1 Å². The Kier molecular flexibility index (Phi) is 9.90. The highest BCUT2D eigenvalue weighted by molar-refractivity contribution is 5.97. The third kappa shape index (κ3) is 6.86. The number of ether oxygens (including phenoxy) is 1. The lowest BCUT2D eigenvalue weighted by Crippen LogP contribution is -2.47. The third-order valence-electron chi connectivity index (χ3n) is 6.12. The minimum Gasteiger partial charge on any atom is -0.496 e. The van der Waals surface area contributed by atoms with Crippen molar-refractivity contribution in [1.29, 1.82) is 0 Å². The first-order valence-corrected chi connectivity index (χ1v) is 12.0. The molecular formula is C27H32FN7O4. The molecule has 1 aliphatic rings. The number of nitrogens with two attached hydrogens (primary N) is 2. The molecular weight excluding hydrogens is 505 g/mol. The molecule has 0 radical (unpaired) electrons. The van der Waals surface area contributed by atoms with E-state index < -0.39 is 0 Å². The number of amidine groups is 1. The van der Waals surface area contributed by atoms with Gasteiger partial charge >= 0.3 is 0 Å². The Morgan fingerprint density at radius 2 is 1.92 bits per heavy atom. The standard InChI is InChI=1S/C17H14FNO3.C10H18N6O/c1-22-16-7-13-9-19(8-12(13)6-14(16)10-20)17(21)11-2-4-15(18)5-3-11;1-7(6-17)16(12)10(15-11)8-4-3-5-9(13-2)14-8/h2-7,10H,8-9H2,1H3;3-5,7,17H,6,11-12H2,1-2H3,(H,13,14)/b;15-10-. The van der Waals surface area contributed by atoms with Crippen LogP contribution in [-0.4, -0.2) is 64.8 Å². The van der Waals surface area contributed by atoms with Crippen LogP contribution in [0.3, 0.4) is 0 Å². The van der Waals surface area contributed by atoms with E-state index in [1.807, 2.05) is 12.1 Å². The molecule has 0 bridgehead atoms. The van der Waals surface area contributed by atoms with Gasteiger partial charge in [0.25, 0.3) is 5.91 Å². The molecule has 2 aromatic carbocycles. The molecule has 2 heterocycles. The molecule has 1 aromatic heterocycles. The zero-order valence-electron chi connectivity index (χ0n) is 22.0. The molecule has 0 saturated heterocycles. The Bertz CT molecular complexity index is 1330. The summed E-state index contributed by atoms with van der Waals surface area (Å²) in [6, 6.07) is 14.1. The van der Waals surface area contributed by atoms with E-state index in [1.54, 1.807) is 37.1 Å². The van der Waals surface area contributed by atoms with Crippen molar-refractivity contribution < 1.29 is 23.8 Å². The van der Waals surface area contributed by atoms with Gasteiger partial charge in [-0.25, -0.2) is 15.2 Å². The first-order valence-electron chi connectivity index (χ1n) is 12.0. The van der Waals surface area contributed by atoms with Crippen molar-refractivity contribution in [3.63, 3.8) is 0 Å². The summed E-state index contributed by atoms with van der Waals surface area (Å²) in [5, 5.41) is 16.9.